The van der Waals surface area contributed by atoms with Crippen LogP contribution in [-0.2, 0) is 4.79 Å². The average Bonchev–Trinajstić information content (AvgIpc) is 2.17. The van der Waals surface area contributed by atoms with Crippen molar-refractivity contribution in [2.45, 2.75) is 6.18 Å². The highest BCUT2D eigenvalue weighted by Crippen LogP contribution is 2.14. The molecule has 0 bridgehead atoms. The molecule has 7 heteroatoms. The number of carbonyl (C=O) groups is 2. The summed E-state index contributed by atoms with van der Waals surface area (Å²) in [5, 5.41) is 1.13. The van der Waals surface area contributed by atoms with Crippen LogP contribution in [0.4, 0.5) is 17.6 Å². The van der Waals surface area contributed by atoms with Crippen molar-refractivity contribution in [2.75, 3.05) is 0 Å². The third-order valence-corrected chi connectivity index (χ3v) is 1.59. The Kier molecular flexibility index (Phi) is 3.26. The molecule has 2 amide bonds. The second-order valence-electron chi connectivity index (χ2n) is 2.79. The first-order valence-corrected chi connectivity index (χ1v) is 3.99. The quantitative estimate of drug-likeness (QED) is 0.752. The summed E-state index contributed by atoms with van der Waals surface area (Å²) in [6, 6.07) is 3.72. The number of nitrogens with one attached hydrogen (secondary N) is 1. The standard InChI is InChI=1S/C9H5F4NO2/c10-6-3-1-5(2-4-6)7(15)14-8(16)9(11,12)13/h1-4H,(H,14,15,16). The Morgan fingerprint density at radius 2 is 1.56 bits per heavy atom. The van der Waals surface area contributed by atoms with Crippen molar-refractivity contribution >= 4 is 11.8 Å². The molecule has 3 nitrogen and oxygen atoms in total. The van der Waals surface area contributed by atoms with Gasteiger partial charge in [-0.15, -0.1) is 0 Å². The lowest BCUT2D eigenvalue weighted by Gasteiger charge is -2.06. The monoisotopic (exact) mass is 235 g/mol. The molecule has 0 aromatic heterocycles. The van der Waals surface area contributed by atoms with E-state index in [-0.39, 0.29) is 5.56 Å². The minimum Gasteiger partial charge on any atom is -0.284 e. The summed E-state index contributed by atoms with van der Waals surface area (Å²) in [4.78, 5) is 21.4. The number of alkyl halides is 3. The van der Waals surface area contributed by atoms with Gasteiger partial charge in [0, 0.05) is 5.56 Å². The molecule has 0 aliphatic carbocycles. The number of amides is 2. The molecule has 0 fully saturated rings. The molecule has 1 N–H and O–H groups in total. The fourth-order valence-corrected chi connectivity index (χ4v) is 0.847. The van der Waals surface area contributed by atoms with Crippen LogP contribution in [-0.4, -0.2) is 18.0 Å². The predicted octanol–water partition coefficient (Wildman–Crippen LogP) is 1.64. The second kappa shape index (κ2) is 4.30. The van der Waals surface area contributed by atoms with Crippen LogP contribution in [0.15, 0.2) is 24.3 Å². The maximum Gasteiger partial charge on any atom is 0.471 e. The van der Waals surface area contributed by atoms with Crippen LogP contribution in [0.25, 0.3) is 0 Å². The van der Waals surface area contributed by atoms with E-state index in [1.165, 1.54) is 0 Å². The van der Waals surface area contributed by atoms with Crippen molar-refractivity contribution in [3.8, 4) is 0 Å². The van der Waals surface area contributed by atoms with Gasteiger partial charge in [0.15, 0.2) is 0 Å². The van der Waals surface area contributed by atoms with Gasteiger partial charge < -0.3 is 0 Å². The number of hydrogen-bond donors (Lipinski definition) is 1. The number of imide groups is 1. The van der Waals surface area contributed by atoms with Gasteiger partial charge in [-0.3, -0.25) is 14.9 Å². The van der Waals surface area contributed by atoms with E-state index in [1.54, 1.807) is 0 Å². The lowest BCUT2D eigenvalue weighted by atomic mass is 10.2. The van der Waals surface area contributed by atoms with Gasteiger partial charge in [-0.05, 0) is 24.3 Å². The molecule has 0 saturated carbocycles. The zero-order valence-electron chi connectivity index (χ0n) is 7.64. The van der Waals surface area contributed by atoms with E-state index in [4.69, 9.17) is 0 Å². The minimum absolute atomic E-state index is 0.237. The van der Waals surface area contributed by atoms with E-state index < -0.39 is 23.8 Å². The third-order valence-electron chi connectivity index (χ3n) is 1.59. The van der Waals surface area contributed by atoms with Crippen LogP contribution in [0.2, 0.25) is 0 Å². The summed E-state index contributed by atoms with van der Waals surface area (Å²) in [5.74, 6) is -4.23. The van der Waals surface area contributed by atoms with Gasteiger partial charge in [-0.1, -0.05) is 0 Å². The summed E-state index contributed by atoms with van der Waals surface area (Å²) in [6.07, 6.45) is -5.13. The molecule has 1 aromatic rings. The van der Waals surface area contributed by atoms with Crippen LogP contribution in [0, 0.1) is 5.82 Å². The zero-order valence-corrected chi connectivity index (χ0v) is 7.64. The van der Waals surface area contributed by atoms with Crippen LogP contribution in [0.3, 0.4) is 0 Å². The van der Waals surface area contributed by atoms with Crippen molar-refractivity contribution in [3.63, 3.8) is 0 Å². The van der Waals surface area contributed by atoms with Crippen molar-refractivity contribution in [3.05, 3.63) is 35.6 Å². The highest BCUT2D eigenvalue weighted by molar-refractivity contribution is 6.06. The molecule has 0 atom stereocenters. The largest absolute Gasteiger partial charge is 0.471 e. The molecular weight excluding hydrogens is 230 g/mol. The molecule has 0 saturated heterocycles. The number of carbonyl (C=O) groups excluding carboxylic acids is 2. The highest BCUT2D eigenvalue weighted by Gasteiger charge is 2.39. The molecule has 0 heterocycles. The molecule has 1 rings (SSSR count). The van der Waals surface area contributed by atoms with Gasteiger partial charge in [-0.25, -0.2) is 4.39 Å². The van der Waals surface area contributed by atoms with Crippen LogP contribution in [0.5, 0.6) is 0 Å². The van der Waals surface area contributed by atoms with Crippen molar-refractivity contribution in [2.24, 2.45) is 0 Å². The fourth-order valence-electron chi connectivity index (χ4n) is 0.847. The maximum absolute atomic E-state index is 12.4. The van der Waals surface area contributed by atoms with Crippen molar-refractivity contribution in [1.29, 1.82) is 0 Å². The minimum atomic E-state index is -5.13. The first-order valence-electron chi connectivity index (χ1n) is 3.99. The summed E-state index contributed by atoms with van der Waals surface area (Å²) < 4.78 is 47.7. The van der Waals surface area contributed by atoms with E-state index in [2.05, 4.69) is 0 Å². The van der Waals surface area contributed by atoms with Gasteiger partial charge >= 0.3 is 12.1 Å². The topological polar surface area (TPSA) is 46.2 Å². The number of hydrogen-bond acceptors (Lipinski definition) is 2. The molecule has 0 spiro atoms. The van der Waals surface area contributed by atoms with E-state index in [0.717, 1.165) is 29.6 Å². The fraction of sp³-hybridized carbons (Fsp3) is 0.111. The summed E-state index contributed by atoms with van der Waals surface area (Å²) in [7, 11) is 0. The molecule has 0 aliphatic heterocycles. The molecule has 1 aromatic carbocycles. The van der Waals surface area contributed by atoms with Gasteiger partial charge in [0.1, 0.15) is 5.82 Å². The molecule has 0 radical (unpaired) electrons. The Balaban J connectivity index is 2.74. The Morgan fingerprint density at radius 1 is 1.06 bits per heavy atom. The van der Waals surface area contributed by atoms with E-state index in [0.29, 0.717) is 0 Å². The van der Waals surface area contributed by atoms with Gasteiger partial charge in [0.25, 0.3) is 5.91 Å². The maximum atomic E-state index is 12.4. The average molecular weight is 235 g/mol. The number of halogens is 4. The first kappa shape index (κ1) is 12.2. The van der Waals surface area contributed by atoms with Crippen LogP contribution < -0.4 is 5.32 Å². The van der Waals surface area contributed by atoms with Gasteiger partial charge in [0.2, 0.25) is 0 Å². The van der Waals surface area contributed by atoms with E-state index >= 15 is 0 Å². The summed E-state index contributed by atoms with van der Waals surface area (Å²) >= 11 is 0. The van der Waals surface area contributed by atoms with Crippen LogP contribution >= 0.6 is 0 Å². The summed E-state index contributed by atoms with van der Waals surface area (Å²) in [5.41, 5.74) is -0.237. The van der Waals surface area contributed by atoms with Crippen LogP contribution in [0.1, 0.15) is 10.4 Å². The molecule has 0 aliphatic rings. The Morgan fingerprint density at radius 3 is 2.00 bits per heavy atom. The summed E-state index contributed by atoms with van der Waals surface area (Å²) in [6.45, 7) is 0. The first-order chi connectivity index (χ1) is 7.30. The van der Waals surface area contributed by atoms with Crippen molar-refractivity contribution in [1.82, 2.24) is 5.32 Å². The molecule has 16 heavy (non-hydrogen) atoms. The Labute approximate surface area is 87.1 Å². The Bertz CT molecular complexity index is 411. The predicted molar refractivity (Wildman–Crippen MR) is 44.9 cm³/mol. The SMILES string of the molecule is O=C(NC(=O)C(F)(F)F)c1ccc(F)cc1. The normalized spacial score (nSPS) is 11.0. The van der Waals surface area contributed by atoms with Crippen molar-refractivity contribution < 1.29 is 27.2 Å². The lowest BCUT2D eigenvalue weighted by molar-refractivity contribution is -0.172. The third kappa shape index (κ3) is 3.04. The van der Waals surface area contributed by atoms with E-state index in [9.17, 15) is 27.2 Å². The Hall–Kier alpha value is -1.92. The number of benzene rings is 1. The van der Waals surface area contributed by atoms with E-state index in [1.807, 2.05) is 0 Å². The lowest BCUT2D eigenvalue weighted by Crippen LogP contribution is -2.40. The molecule has 0 unspecified atom stereocenters. The smallest absolute Gasteiger partial charge is 0.284 e. The molecular formula is C9H5F4NO2. The number of rotatable bonds is 1. The van der Waals surface area contributed by atoms with Gasteiger partial charge in [-0.2, -0.15) is 13.2 Å². The second-order valence-corrected chi connectivity index (χ2v) is 2.79. The zero-order chi connectivity index (χ0) is 12.3. The highest BCUT2D eigenvalue weighted by atomic mass is 19.4. The van der Waals surface area contributed by atoms with Gasteiger partial charge in [0.05, 0.1) is 0 Å². The molecule has 86 valence electrons.